The van der Waals surface area contributed by atoms with E-state index in [-0.39, 0.29) is 24.3 Å². The average molecular weight is 263 g/mol. The summed E-state index contributed by atoms with van der Waals surface area (Å²) in [6.07, 6.45) is 0. The highest BCUT2D eigenvalue weighted by atomic mass is 16.5. The Balaban J connectivity index is 2.24. The molecule has 0 saturated carbocycles. The van der Waals surface area contributed by atoms with Crippen LogP contribution in [0, 0.1) is 0 Å². The summed E-state index contributed by atoms with van der Waals surface area (Å²) in [6, 6.07) is 4.61. The number of amides is 3. The molecule has 0 aromatic heterocycles. The smallest absolute Gasteiger partial charge is 0.256 e. The zero-order valence-corrected chi connectivity index (χ0v) is 10.3. The first-order chi connectivity index (χ1) is 9.01. The fourth-order valence-electron chi connectivity index (χ4n) is 1.81. The van der Waals surface area contributed by atoms with E-state index in [1.807, 2.05) is 0 Å². The molecule has 0 unspecified atom stereocenters. The fourth-order valence-corrected chi connectivity index (χ4v) is 1.81. The summed E-state index contributed by atoms with van der Waals surface area (Å²) in [5.41, 5.74) is 6.24. The lowest BCUT2D eigenvalue weighted by molar-refractivity contribution is -0.135. The maximum Gasteiger partial charge on any atom is 0.256 e. The molecule has 7 nitrogen and oxygen atoms in total. The van der Waals surface area contributed by atoms with Crippen LogP contribution in [0.3, 0.4) is 0 Å². The van der Waals surface area contributed by atoms with Crippen molar-refractivity contribution in [2.24, 2.45) is 0 Å². The monoisotopic (exact) mass is 263 g/mol. The largest absolute Gasteiger partial charge is 0.497 e. The maximum absolute atomic E-state index is 12.2. The van der Waals surface area contributed by atoms with Crippen LogP contribution in [0.25, 0.3) is 0 Å². The molecule has 1 heterocycles. The number of anilines is 1. The molecule has 1 aliphatic heterocycles. The van der Waals surface area contributed by atoms with Crippen LogP contribution in [0.4, 0.5) is 5.69 Å². The van der Waals surface area contributed by atoms with Gasteiger partial charge in [0, 0.05) is 11.8 Å². The van der Waals surface area contributed by atoms with Gasteiger partial charge in [0.25, 0.3) is 5.91 Å². The van der Waals surface area contributed by atoms with Gasteiger partial charge in [-0.15, -0.1) is 0 Å². The van der Waals surface area contributed by atoms with Crippen molar-refractivity contribution in [1.29, 1.82) is 0 Å². The van der Waals surface area contributed by atoms with Crippen LogP contribution in [-0.2, 0) is 9.59 Å². The topological polar surface area (TPSA) is 102 Å². The van der Waals surface area contributed by atoms with Gasteiger partial charge in [-0.1, -0.05) is 0 Å². The van der Waals surface area contributed by atoms with Crippen molar-refractivity contribution >= 4 is 23.4 Å². The molecule has 0 bridgehead atoms. The number of nitrogens with two attached hydrogens (primary N) is 1. The molecule has 7 heteroatoms. The van der Waals surface area contributed by atoms with E-state index >= 15 is 0 Å². The van der Waals surface area contributed by atoms with Crippen molar-refractivity contribution in [2.75, 3.05) is 25.9 Å². The number of imide groups is 1. The number of rotatable bonds is 2. The molecule has 0 spiro atoms. The van der Waals surface area contributed by atoms with Crippen molar-refractivity contribution in [3.63, 3.8) is 0 Å². The van der Waals surface area contributed by atoms with Gasteiger partial charge in [-0.2, -0.15) is 0 Å². The summed E-state index contributed by atoms with van der Waals surface area (Å²) in [6.45, 7) is -0.313. The molecule has 1 saturated heterocycles. The van der Waals surface area contributed by atoms with E-state index in [1.165, 1.54) is 19.2 Å². The van der Waals surface area contributed by atoms with Crippen LogP contribution in [-0.4, -0.2) is 42.8 Å². The summed E-state index contributed by atoms with van der Waals surface area (Å²) >= 11 is 0. The normalized spacial score (nSPS) is 15.1. The average Bonchev–Trinajstić information content (AvgIpc) is 2.36. The minimum Gasteiger partial charge on any atom is -0.497 e. The van der Waals surface area contributed by atoms with Gasteiger partial charge in [-0.05, 0) is 12.1 Å². The van der Waals surface area contributed by atoms with Gasteiger partial charge < -0.3 is 15.4 Å². The number of carbonyl (C=O) groups is 3. The third-order valence-electron chi connectivity index (χ3n) is 2.72. The van der Waals surface area contributed by atoms with Gasteiger partial charge >= 0.3 is 0 Å². The predicted molar refractivity (Wildman–Crippen MR) is 66.5 cm³/mol. The van der Waals surface area contributed by atoms with Crippen LogP contribution < -0.4 is 15.8 Å². The number of benzene rings is 1. The first-order valence-electron chi connectivity index (χ1n) is 5.56. The SMILES string of the molecule is COc1ccc(C(=O)N2CC(=O)NC(=O)C2)c(N)c1. The molecular formula is C12H13N3O4. The lowest BCUT2D eigenvalue weighted by Crippen LogP contribution is -2.53. The van der Waals surface area contributed by atoms with Gasteiger partial charge in [0.1, 0.15) is 18.8 Å². The van der Waals surface area contributed by atoms with E-state index in [2.05, 4.69) is 5.32 Å². The lowest BCUT2D eigenvalue weighted by Gasteiger charge is -2.25. The minimum absolute atomic E-state index is 0.157. The molecule has 19 heavy (non-hydrogen) atoms. The van der Waals surface area contributed by atoms with E-state index in [9.17, 15) is 14.4 Å². The molecule has 3 amide bonds. The summed E-state index contributed by atoms with van der Waals surface area (Å²) in [4.78, 5) is 35.8. The number of nitrogens with zero attached hydrogens (tertiary/aromatic N) is 1. The second-order valence-electron chi connectivity index (χ2n) is 4.09. The quantitative estimate of drug-likeness (QED) is 0.546. The second kappa shape index (κ2) is 4.97. The highest BCUT2D eigenvalue weighted by Gasteiger charge is 2.28. The standard InChI is InChI=1S/C12H13N3O4/c1-19-7-2-3-8(9(13)4-7)12(18)15-5-10(16)14-11(17)6-15/h2-4H,5-6,13H2,1H3,(H,14,16,17). The Hall–Kier alpha value is -2.57. The van der Waals surface area contributed by atoms with Gasteiger partial charge in [-0.3, -0.25) is 19.7 Å². The molecule has 0 radical (unpaired) electrons. The Bertz CT molecular complexity index is 540. The van der Waals surface area contributed by atoms with Crippen molar-refractivity contribution < 1.29 is 19.1 Å². The molecule has 1 fully saturated rings. The Kier molecular flexibility index (Phi) is 3.37. The van der Waals surface area contributed by atoms with E-state index < -0.39 is 17.7 Å². The van der Waals surface area contributed by atoms with Crippen LogP contribution in [0.1, 0.15) is 10.4 Å². The molecule has 1 aromatic rings. The number of nitrogens with one attached hydrogen (secondary N) is 1. The Morgan fingerprint density at radius 1 is 1.32 bits per heavy atom. The van der Waals surface area contributed by atoms with Crippen LogP contribution in [0.2, 0.25) is 0 Å². The summed E-state index contributed by atoms with van der Waals surface area (Å²) in [7, 11) is 1.49. The van der Waals surface area contributed by atoms with Crippen molar-refractivity contribution in [2.45, 2.75) is 0 Å². The number of ether oxygens (including phenoxy) is 1. The Morgan fingerprint density at radius 3 is 2.47 bits per heavy atom. The first-order valence-corrected chi connectivity index (χ1v) is 5.56. The van der Waals surface area contributed by atoms with Crippen LogP contribution >= 0.6 is 0 Å². The zero-order valence-electron chi connectivity index (χ0n) is 10.3. The number of carbonyl (C=O) groups excluding carboxylic acids is 3. The van der Waals surface area contributed by atoms with Gasteiger partial charge in [0.05, 0.1) is 12.7 Å². The number of hydrogen-bond acceptors (Lipinski definition) is 5. The van der Waals surface area contributed by atoms with Crippen molar-refractivity contribution in [3.05, 3.63) is 23.8 Å². The second-order valence-corrected chi connectivity index (χ2v) is 4.09. The van der Waals surface area contributed by atoms with Gasteiger partial charge in [0.15, 0.2) is 0 Å². The molecular weight excluding hydrogens is 250 g/mol. The third kappa shape index (κ3) is 2.65. The van der Waals surface area contributed by atoms with Crippen molar-refractivity contribution in [1.82, 2.24) is 10.2 Å². The van der Waals surface area contributed by atoms with E-state index in [1.54, 1.807) is 6.07 Å². The maximum atomic E-state index is 12.2. The number of piperazine rings is 1. The number of methoxy groups -OCH3 is 1. The molecule has 100 valence electrons. The number of nitrogen functional groups attached to an aromatic ring is 1. The molecule has 2 rings (SSSR count). The van der Waals surface area contributed by atoms with E-state index in [4.69, 9.17) is 10.5 Å². The van der Waals surface area contributed by atoms with Crippen LogP contribution in [0.5, 0.6) is 5.75 Å². The summed E-state index contributed by atoms with van der Waals surface area (Å²) in [5, 5.41) is 2.13. The molecule has 1 aromatic carbocycles. The highest BCUT2D eigenvalue weighted by Crippen LogP contribution is 2.21. The van der Waals surface area contributed by atoms with E-state index in [0.29, 0.717) is 5.75 Å². The minimum atomic E-state index is -0.503. The lowest BCUT2D eigenvalue weighted by atomic mass is 10.1. The number of hydrogen-bond donors (Lipinski definition) is 2. The van der Waals surface area contributed by atoms with E-state index in [0.717, 1.165) is 4.90 Å². The first kappa shape index (κ1) is 12.9. The van der Waals surface area contributed by atoms with Crippen molar-refractivity contribution in [3.8, 4) is 5.75 Å². The summed E-state index contributed by atoms with van der Waals surface area (Å²) in [5.74, 6) is -0.932. The third-order valence-corrected chi connectivity index (χ3v) is 2.72. The predicted octanol–water partition coefficient (Wildman–Crippen LogP) is -0.624. The van der Waals surface area contributed by atoms with Crippen LogP contribution in [0.15, 0.2) is 18.2 Å². The highest BCUT2D eigenvalue weighted by molar-refractivity contribution is 6.07. The molecule has 1 aliphatic rings. The van der Waals surface area contributed by atoms with Gasteiger partial charge in [-0.25, -0.2) is 0 Å². The zero-order chi connectivity index (χ0) is 14.0. The Morgan fingerprint density at radius 2 is 1.95 bits per heavy atom. The molecule has 0 atom stereocenters. The Labute approximate surface area is 109 Å². The molecule has 3 N–H and O–H groups in total. The summed E-state index contributed by atoms with van der Waals surface area (Å²) < 4.78 is 4.99. The fraction of sp³-hybridized carbons (Fsp3) is 0.250. The van der Waals surface area contributed by atoms with Gasteiger partial charge in [0.2, 0.25) is 11.8 Å². The molecule has 0 aliphatic carbocycles.